The quantitative estimate of drug-likeness (QED) is 0.603. The van der Waals surface area contributed by atoms with Crippen LogP contribution in [0.2, 0.25) is 0 Å². The van der Waals surface area contributed by atoms with Gasteiger partial charge in [0.1, 0.15) is 0 Å². The summed E-state index contributed by atoms with van der Waals surface area (Å²) in [6.45, 7) is 0. The van der Waals surface area contributed by atoms with Gasteiger partial charge in [-0.1, -0.05) is 41.9 Å². The van der Waals surface area contributed by atoms with Gasteiger partial charge in [-0.15, -0.1) is 0 Å². The summed E-state index contributed by atoms with van der Waals surface area (Å²) in [6, 6.07) is 7.80. The fourth-order valence-electron chi connectivity index (χ4n) is 0.782. The second kappa shape index (κ2) is 4.63. The molecule has 1 rings (SSSR count). The van der Waals surface area contributed by atoms with Crippen LogP contribution in [-0.4, -0.2) is 16.2 Å². The topological polar surface area (TPSA) is 57.5 Å². The first kappa shape index (κ1) is 12.5. The molecule has 0 aliphatic carbocycles. The normalized spacial score (nSPS) is 14.0. The number of carboxylic acid groups (broad SMARTS) is 1. The van der Waals surface area contributed by atoms with E-state index in [0.29, 0.717) is 0 Å². The van der Waals surface area contributed by atoms with Gasteiger partial charge in [0.15, 0.2) is 0 Å². The van der Waals surface area contributed by atoms with Gasteiger partial charge in [0.05, 0.1) is 0 Å². The molecule has 1 aromatic rings. The molecule has 0 aromatic heterocycles. The molecule has 0 spiro atoms. The van der Waals surface area contributed by atoms with Crippen molar-refractivity contribution in [1.82, 2.24) is 0 Å². The van der Waals surface area contributed by atoms with Crippen molar-refractivity contribution < 1.29 is 32.1 Å². The standard InChI is InChI=1S/C8H7ClO3.Mn/c9-8(12,7(10)11)6-4-2-1-3-5-6;/h1-5,12H,(H,10,11);. The van der Waals surface area contributed by atoms with Crippen LogP contribution in [0.25, 0.3) is 0 Å². The summed E-state index contributed by atoms with van der Waals surface area (Å²) in [7, 11) is 0. The predicted octanol–water partition coefficient (Wildman–Crippen LogP) is 1.15. The number of carboxylic acids is 1. The number of benzene rings is 1. The molecule has 1 radical (unpaired) electrons. The zero-order chi connectivity index (χ0) is 9.19. The van der Waals surface area contributed by atoms with Crippen molar-refractivity contribution in [3.8, 4) is 0 Å². The number of alkyl halides is 1. The summed E-state index contributed by atoms with van der Waals surface area (Å²) >= 11 is 5.35. The Balaban J connectivity index is 0.00000144. The molecule has 0 saturated heterocycles. The number of aliphatic hydroxyl groups is 1. The minimum Gasteiger partial charge on any atom is -0.478 e. The Morgan fingerprint density at radius 1 is 1.31 bits per heavy atom. The zero-order valence-corrected chi connectivity index (χ0v) is 8.38. The van der Waals surface area contributed by atoms with Gasteiger partial charge < -0.3 is 10.2 Å². The number of hydrogen-bond donors (Lipinski definition) is 2. The first-order chi connectivity index (χ1) is 5.55. The average molecular weight is 242 g/mol. The van der Waals surface area contributed by atoms with Gasteiger partial charge in [-0.2, -0.15) is 0 Å². The van der Waals surface area contributed by atoms with Crippen LogP contribution in [0.1, 0.15) is 5.56 Å². The Morgan fingerprint density at radius 3 is 2.15 bits per heavy atom. The molecule has 0 aliphatic rings. The molecule has 1 atom stereocenters. The van der Waals surface area contributed by atoms with Gasteiger partial charge in [-0.25, -0.2) is 4.79 Å². The van der Waals surface area contributed by atoms with Gasteiger partial charge in [0.2, 0.25) is 0 Å². The number of rotatable bonds is 2. The van der Waals surface area contributed by atoms with Gasteiger partial charge in [-0.3, -0.25) is 0 Å². The van der Waals surface area contributed by atoms with Crippen LogP contribution < -0.4 is 0 Å². The number of aliphatic carboxylic acids is 1. The van der Waals surface area contributed by atoms with Crippen molar-refractivity contribution in [2.75, 3.05) is 0 Å². The van der Waals surface area contributed by atoms with Crippen molar-refractivity contribution >= 4 is 17.6 Å². The zero-order valence-electron chi connectivity index (χ0n) is 6.45. The molecule has 0 heterocycles. The Hall–Kier alpha value is -0.541. The smallest absolute Gasteiger partial charge is 0.356 e. The van der Waals surface area contributed by atoms with Crippen LogP contribution in [0.15, 0.2) is 30.3 Å². The van der Waals surface area contributed by atoms with E-state index >= 15 is 0 Å². The number of carbonyl (C=O) groups is 1. The van der Waals surface area contributed by atoms with Gasteiger partial charge in [-0.05, 0) is 0 Å². The SMILES string of the molecule is O=C(O)C(O)(Cl)c1ccccc1.[Mn]. The van der Waals surface area contributed by atoms with E-state index in [4.69, 9.17) is 16.7 Å². The Morgan fingerprint density at radius 2 is 1.77 bits per heavy atom. The average Bonchev–Trinajstić information content (AvgIpc) is 2.06. The first-order valence-electron chi connectivity index (χ1n) is 3.25. The maximum Gasteiger partial charge on any atom is 0.356 e. The Bertz CT molecular complexity index is 287. The molecule has 0 saturated carbocycles. The van der Waals surface area contributed by atoms with Gasteiger partial charge >= 0.3 is 5.97 Å². The third kappa shape index (κ3) is 2.71. The molecule has 1 aromatic carbocycles. The third-order valence-corrected chi connectivity index (χ3v) is 1.82. The number of halogens is 1. The van der Waals surface area contributed by atoms with Crippen molar-refractivity contribution in [1.29, 1.82) is 0 Å². The van der Waals surface area contributed by atoms with Crippen molar-refractivity contribution in [2.24, 2.45) is 0 Å². The first-order valence-corrected chi connectivity index (χ1v) is 3.63. The van der Waals surface area contributed by atoms with E-state index in [-0.39, 0.29) is 22.6 Å². The molecule has 1 unspecified atom stereocenters. The Kier molecular flexibility index (Phi) is 4.44. The van der Waals surface area contributed by atoms with Crippen molar-refractivity contribution in [3.63, 3.8) is 0 Å². The predicted molar refractivity (Wildman–Crippen MR) is 43.8 cm³/mol. The molecule has 0 bridgehead atoms. The van der Waals surface area contributed by atoms with Crippen molar-refractivity contribution in [2.45, 2.75) is 5.06 Å². The van der Waals surface area contributed by atoms with Crippen LogP contribution in [-0.2, 0) is 26.9 Å². The molecular formula is C8H7ClMnO3. The molecule has 0 amide bonds. The van der Waals surface area contributed by atoms with Crippen LogP contribution in [0, 0.1) is 0 Å². The second-order valence-corrected chi connectivity index (χ2v) is 2.84. The van der Waals surface area contributed by atoms with Crippen LogP contribution >= 0.6 is 11.6 Å². The molecule has 71 valence electrons. The summed E-state index contributed by atoms with van der Waals surface area (Å²) in [5.74, 6) is -1.48. The maximum absolute atomic E-state index is 10.4. The van der Waals surface area contributed by atoms with Crippen LogP contribution in [0.4, 0.5) is 0 Å². The monoisotopic (exact) mass is 241 g/mol. The molecule has 2 N–H and O–H groups in total. The van der Waals surface area contributed by atoms with Crippen LogP contribution in [0.3, 0.4) is 0 Å². The van der Waals surface area contributed by atoms with E-state index in [1.54, 1.807) is 18.2 Å². The minimum atomic E-state index is -2.32. The molecular weight excluding hydrogens is 234 g/mol. The van der Waals surface area contributed by atoms with Gasteiger partial charge in [0, 0.05) is 22.6 Å². The summed E-state index contributed by atoms with van der Waals surface area (Å²) < 4.78 is 0. The van der Waals surface area contributed by atoms with E-state index < -0.39 is 11.0 Å². The minimum absolute atomic E-state index is 0. The van der Waals surface area contributed by atoms with Crippen molar-refractivity contribution in [3.05, 3.63) is 35.9 Å². The second-order valence-electron chi connectivity index (χ2n) is 2.29. The largest absolute Gasteiger partial charge is 0.478 e. The fourth-order valence-corrected chi connectivity index (χ4v) is 0.908. The van der Waals surface area contributed by atoms with E-state index in [9.17, 15) is 9.90 Å². The van der Waals surface area contributed by atoms with E-state index in [2.05, 4.69) is 0 Å². The third-order valence-electron chi connectivity index (χ3n) is 1.44. The summed E-state index contributed by atoms with van der Waals surface area (Å²) in [5, 5.41) is 15.4. The molecule has 5 heteroatoms. The Labute approximate surface area is 90.8 Å². The number of hydrogen-bond acceptors (Lipinski definition) is 2. The summed E-state index contributed by atoms with van der Waals surface area (Å²) in [5.41, 5.74) is 0.152. The molecule has 0 fully saturated rings. The van der Waals surface area contributed by atoms with E-state index in [0.717, 1.165) is 0 Å². The summed E-state index contributed by atoms with van der Waals surface area (Å²) in [6.07, 6.45) is 0. The fraction of sp³-hybridized carbons (Fsp3) is 0.125. The molecule has 0 aliphatic heterocycles. The maximum atomic E-state index is 10.4. The molecule has 3 nitrogen and oxygen atoms in total. The summed E-state index contributed by atoms with van der Waals surface area (Å²) in [4.78, 5) is 10.4. The van der Waals surface area contributed by atoms with Crippen LogP contribution in [0.5, 0.6) is 0 Å². The van der Waals surface area contributed by atoms with Gasteiger partial charge in [0.25, 0.3) is 5.06 Å². The van der Waals surface area contributed by atoms with E-state index in [1.165, 1.54) is 12.1 Å². The molecule has 13 heavy (non-hydrogen) atoms. The van der Waals surface area contributed by atoms with E-state index in [1.807, 2.05) is 0 Å².